The standard InChI is InChI=1S/C14H23NO2S/c1-14(2,3)10-11(15)9-13(16)17-7-6-12-5-4-8-18-12/h4-5,8,11H,6-7,9-10,15H2,1-3H3. The summed E-state index contributed by atoms with van der Waals surface area (Å²) < 4.78 is 5.19. The molecular weight excluding hydrogens is 246 g/mol. The first kappa shape index (κ1) is 15.2. The van der Waals surface area contributed by atoms with Crippen molar-refractivity contribution in [1.29, 1.82) is 0 Å². The number of hydrogen-bond acceptors (Lipinski definition) is 4. The number of ether oxygens (including phenoxy) is 1. The molecule has 0 amide bonds. The van der Waals surface area contributed by atoms with Crippen LogP contribution in [0.2, 0.25) is 0 Å². The van der Waals surface area contributed by atoms with Crippen molar-refractivity contribution < 1.29 is 9.53 Å². The fourth-order valence-electron chi connectivity index (χ4n) is 1.85. The van der Waals surface area contributed by atoms with Gasteiger partial charge >= 0.3 is 5.97 Å². The van der Waals surface area contributed by atoms with Crippen LogP contribution in [0.3, 0.4) is 0 Å². The first-order valence-electron chi connectivity index (χ1n) is 6.30. The van der Waals surface area contributed by atoms with Crippen molar-refractivity contribution in [3.8, 4) is 0 Å². The van der Waals surface area contributed by atoms with Crippen LogP contribution >= 0.6 is 11.3 Å². The summed E-state index contributed by atoms with van der Waals surface area (Å²) in [5.74, 6) is -0.191. The Balaban J connectivity index is 2.17. The zero-order chi connectivity index (χ0) is 13.6. The molecule has 2 N–H and O–H groups in total. The Hall–Kier alpha value is -0.870. The second-order valence-electron chi connectivity index (χ2n) is 5.78. The minimum Gasteiger partial charge on any atom is -0.465 e. The Labute approximate surface area is 113 Å². The summed E-state index contributed by atoms with van der Waals surface area (Å²) in [5.41, 5.74) is 6.08. The smallest absolute Gasteiger partial charge is 0.307 e. The van der Waals surface area contributed by atoms with Crippen LogP contribution < -0.4 is 5.73 Å². The molecule has 0 spiro atoms. The first-order valence-corrected chi connectivity index (χ1v) is 7.18. The molecule has 0 fully saturated rings. The van der Waals surface area contributed by atoms with E-state index in [9.17, 15) is 4.79 Å². The van der Waals surface area contributed by atoms with E-state index in [0.717, 1.165) is 12.8 Å². The maximum atomic E-state index is 11.6. The molecule has 1 rings (SSSR count). The van der Waals surface area contributed by atoms with Gasteiger partial charge in [-0.2, -0.15) is 0 Å². The average Bonchev–Trinajstić information content (AvgIpc) is 2.66. The van der Waals surface area contributed by atoms with E-state index < -0.39 is 0 Å². The molecule has 18 heavy (non-hydrogen) atoms. The highest BCUT2D eigenvalue weighted by molar-refractivity contribution is 7.09. The van der Waals surface area contributed by atoms with Gasteiger partial charge in [0.1, 0.15) is 0 Å². The molecule has 1 aromatic heterocycles. The predicted molar refractivity (Wildman–Crippen MR) is 75.6 cm³/mol. The van der Waals surface area contributed by atoms with Crippen LogP contribution in [0, 0.1) is 5.41 Å². The van der Waals surface area contributed by atoms with E-state index in [4.69, 9.17) is 10.5 Å². The summed E-state index contributed by atoms with van der Waals surface area (Å²) in [4.78, 5) is 12.8. The molecule has 0 bridgehead atoms. The van der Waals surface area contributed by atoms with E-state index in [2.05, 4.69) is 20.8 Å². The van der Waals surface area contributed by atoms with Crippen LogP contribution in [-0.2, 0) is 16.0 Å². The Kier molecular flexibility index (Phi) is 5.82. The van der Waals surface area contributed by atoms with E-state index in [1.807, 2.05) is 17.5 Å². The molecule has 0 saturated carbocycles. The molecule has 3 nitrogen and oxygen atoms in total. The third-order valence-electron chi connectivity index (χ3n) is 2.50. The van der Waals surface area contributed by atoms with Crippen molar-refractivity contribution in [2.45, 2.75) is 46.1 Å². The minimum atomic E-state index is -0.191. The number of hydrogen-bond donors (Lipinski definition) is 1. The third-order valence-corrected chi connectivity index (χ3v) is 3.43. The van der Waals surface area contributed by atoms with Gasteiger partial charge in [0.2, 0.25) is 0 Å². The van der Waals surface area contributed by atoms with Gasteiger partial charge in [0.15, 0.2) is 0 Å². The van der Waals surface area contributed by atoms with Gasteiger partial charge in [-0.05, 0) is 23.3 Å². The van der Waals surface area contributed by atoms with Crippen molar-refractivity contribution in [2.75, 3.05) is 6.61 Å². The Morgan fingerprint density at radius 3 is 2.78 bits per heavy atom. The highest BCUT2D eigenvalue weighted by Gasteiger charge is 2.18. The third kappa shape index (κ3) is 6.77. The summed E-state index contributed by atoms with van der Waals surface area (Å²) in [6.45, 7) is 6.81. The van der Waals surface area contributed by atoms with Gasteiger partial charge in [-0.3, -0.25) is 4.79 Å². The van der Waals surface area contributed by atoms with Gasteiger partial charge in [0.25, 0.3) is 0 Å². The van der Waals surface area contributed by atoms with Crippen molar-refractivity contribution in [3.05, 3.63) is 22.4 Å². The Bertz CT molecular complexity index is 354. The normalized spacial score (nSPS) is 13.3. The lowest BCUT2D eigenvalue weighted by Crippen LogP contribution is -2.29. The van der Waals surface area contributed by atoms with E-state index in [1.165, 1.54) is 4.88 Å². The molecule has 0 saturated heterocycles. The fourth-order valence-corrected chi connectivity index (χ4v) is 2.54. The van der Waals surface area contributed by atoms with Crippen LogP contribution in [0.15, 0.2) is 17.5 Å². The average molecular weight is 269 g/mol. The molecule has 0 aromatic carbocycles. The highest BCUT2D eigenvalue weighted by Crippen LogP contribution is 2.21. The number of rotatable bonds is 6. The van der Waals surface area contributed by atoms with Gasteiger partial charge in [0.05, 0.1) is 13.0 Å². The second-order valence-corrected chi connectivity index (χ2v) is 6.81. The fraction of sp³-hybridized carbons (Fsp3) is 0.643. The van der Waals surface area contributed by atoms with Gasteiger partial charge in [-0.1, -0.05) is 26.8 Å². The lowest BCUT2D eigenvalue weighted by molar-refractivity contribution is -0.144. The quantitative estimate of drug-likeness (QED) is 0.808. The maximum Gasteiger partial charge on any atom is 0.307 e. The van der Waals surface area contributed by atoms with Gasteiger partial charge < -0.3 is 10.5 Å². The second kappa shape index (κ2) is 6.90. The molecule has 102 valence electrons. The number of thiophene rings is 1. The monoisotopic (exact) mass is 269 g/mol. The molecule has 0 aliphatic heterocycles. The van der Waals surface area contributed by atoms with Gasteiger partial charge in [-0.15, -0.1) is 11.3 Å². The van der Waals surface area contributed by atoms with Crippen molar-refractivity contribution in [1.82, 2.24) is 0 Å². The van der Waals surface area contributed by atoms with Crippen LogP contribution in [0.4, 0.5) is 0 Å². The largest absolute Gasteiger partial charge is 0.465 e. The van der Waals surface area contributed by atoms with Gasteiger partial charge in [0, 0.05) is 17.3 Å². The predicted octanol–water partition coefficient (Wildman–Crippen LogP) is 2.99. The van der Waals surface area contributed by atoms with E-state index in [1.54, 1.807) is 11.3 Å². The SMILES string of the molecule is CC(C)(C)CC(N)CC(=O)OCCc1cccs1. The zero-order valence-corrected chi connectivity index (χ0v) is 12.3. The van der Waals surface area contributed by atoms with E-state index >= 15 is 0 Å². The molecule has 1 heterocycles. The topological polar surface area (TPSA) is 52.3 Å². The lowest BCUT2D eigenvalue weighted by atomic mass is 9.87. The molecular formula is C14H23NO2S. The van der Waals surface area contributed by atoms with Crippen LogP contribution in [0.5, 0.6) is 0 Å². The summed E-state index contributed by atoms with van der Waals surface area (Å²) in [7, 11) is 0. The molecule has 0 radical (unpaired) electrons. The summed E-state index contributed by atoms with van der Waals surface area (Å²) >= 11 is 1.68. The Morgan fingerprint density at radius 1 is 1.50 bits per heavy atom. The number of carbonyl (C=O) groups excluding carboxylic acids is 1. The highest BCUT2D eigenvalue weighted by atomic mass is 32.1. The van der Waals surface area contributed by atoms with Crippen molar-refractivity contribution in [3.63, 3.8) is 0 Å². The Morgan fingerprint density at radius 2 is 2.22 bits per heavy atom. The molecule has 1 unspecified atom stereocenters. The number of nitrogens with two attached hydrogens (primary N) is 1. The van der Waals surface area contributed by atoms with Gasteiger partial charge in [-0.25, -0.2) is 0 Å². The number of carbonyl (C=O) groups is 1. The summed E-state index contributed by atoms with van der Waals surface area (Å²) in [5, 5.41) is 2.02. The lowest BCUT2D eigenvalue weighted by Gasteiger charge is -2.22. The minimum absolute atomic E-state index is 0.112. The van der Waals surface area contributed by atoms with Crippen LogP contribution in [0.1, 0.15) is 38.5 Å². The zero-order valence-electron chi connectivity index (χ0n) is 11.4. The first-order chi connectivity index (χ1) is 8.37. The van der Waals surface area contributed by atoms with Crippen LogP contribution in [-0.4, -0.2) is 18.6 Å². The molecule has 1 aromatic rings. The van der Waals surface area contributed by atoms with Crippen molar-refractivity contribution >= 4 is 17.3 Å². The molecule has 0 aliphatic rings. The summed E-state index contributed by atoms with van der Waals surface area (Å²) in [6, 6.07) is 3.93. The molecule has 0 aliphatic carbocycles. The summed E-state index contributed by atoms with van der Waals surface area (Å²) in [6.07, 6.45) is 1.92. The molecule has 4 heteroatoms. The van der Waals surface area contributed by atoms with E-state index in [-0.39, 0.29) is 17.4 Å². The van der Waals surface area contributed by atoms with E-state index in [0.29, 0.717) is 13.0 Å². The maximum absolute atomic E-state index is 11.6. The van der Waals surface area contributed by atoms with Crippen LogP contribution in [0.25, 0.3) is 0 Å². The number of esters is 1. The molecule has 1 atom stereocenters. The van der Waals surface area contributed by atoms with Crippen molar-refractivity contribution in [2.24, 2.45) is 11.1 Å².